The predicted octanol–water partition coefficient (Wildman–Crippen LogP) is 3.54. The van der Waals surface area contributed by atoms with Crippen molar-refractivity contribution in [3.63, 3.8) is 0 Å². The van der Waals surface area contributed by atoms with Crippen LogP contribution in [0.1, 0.15) is 53.3 Å². The number of amides is 1. The summed E-state index contributed by atoms with van der Waals surface area (Å²) in [4.78, 5) is 22.2. The summed E-state index contributed by atoms with van der Waals surface area (Å²) in [7, 11) is 0. The number of ether oxygens (including phenoxy) is 1. The number of benzene rings is 1. The van der Waals surface area contributed by atoms with E-state index in [-0.39, 0.29) is 23.7 Å². The Hall–Kier alpha value is -3.27. The third-order valence-corrected chi connectivity index (χ3v) is 6.58. The molecule has 2 fully saturated rings. The summed E-state index contributed by atoms with van der Waals surface area (Å²) in [5, 5.41) is 4.77. The number of anilines is 1. The monoisotopic (exact) mass is 470 g/mol. The van der Waals surface area contributed by atoms with Gasteiger partial charge in [0.05, 0.1) is 11.7 Å². The zero-order chi connectivity index (χ0) is 23.8. The molecule has 10 heteroatoms. The lowest BCUT2D eigenvalue weighted by Gasteiger charge is -2.34. The zero-order valence-corrected chi connectivity index (χ0v) is 19.0. The number of nitrogens with two attached hydrogens (primary N) is 1. The maximum atomic E-state index is 13.3. The second-order valence-electron chi connectivity index (χ2n) is 9.03. The van der Waals surface area contributed by atoms with Crippen molar-refractivity contribution in [2.24, 2.45) is 5.73 Å². The molecule has 0 unspecified atom stereocenters. The molecule has 4 heterocycles. The number of alkyl halides is 2. The lowest BCUT2D eigenvalue weighted by atomic mass is 9.98. The fourth-order valence-electron chi connectivity index (χ4n) is 4.91. The number of nitrogens with zero attached hydrogens (tertiary/aromatic N) is 5. The highest BCUT2D eigenvalue weighted by atomic mass is 19.3. The van der Waals surface area contributed by atoms with Crippen molar-refractivity contribution in [2.75, 3.05) is 24.5 Å². The van der Waals surface area contributed by atoms with Crippen LogP contribution >= 0.6 is 0 Å². The van der Waals surface area contributed by atoms with Crippen LogP contribution < -0.4 is 15.4 Å². The van der Waals surface area contributed by atoms with Gasteiger partial charge in [-0.05, 0) is 56.9 Å². The average Bonchev–Trinajstić information content (AvgIpc) is 3.43. The summed E-state index contributed by atoms with van der Waals surface area (Å²) < 4.78 is 31.0. The molecule has 8 nitrogen and oxygen atoms in total. The molecular weight excluding hydrogens is 442 g/mol. The molecule has 180 valence electrons. The van der Waals surface area contributed by atoms with E-state index in [1.807, 2.05) is 24.1 Å². The summed E-state index contributed by atoms with van der Waals surface area (Å²) in [5.74, 6) is 0.800. The van der Waals surface area contributed by atoms with E-state index in [4.69, 9.17) is 15.8 Å². The molecule has 34 heavy (non-hydrogen) atoms. The van der Waals surface area contributed by atoms with E-state index in [0.29, 0.717) is 12.1 Å². The maximum absolute atomic E-state index is 13.3. The van der Waals surface area contributed by atoms with Crippen molar-refractivity contribution in [3.8, 4) is 5.75 Å². The number of hydrogen-bond donors (Lipinski definition) is 1. The van der Waals surface area contributed by atoms with E-state index >= 15 is 0 Å². The second kappa shape index (κ2) is 9.17. The van der Waals surface area contributed by atoms with Crippen molar-refractivity contribution in [1.29, 1.82) is 0 Å². The molecule has 2 aliphatic rings. The Morgan fingerprint density at radius 2 is 1.97 bits per heavy atom. The predicted molar refractivity (Wildman–Crippen MR) is 123 cm³/mol. The van der Waals surface area contributed by atoms with Gasteiger partial charge in [-0.2, -0.15) is 13.9 Å². The quantitative estimate of drug-likeness (QED) is 0.614. The highest BCUT2D eigenvalue weighted by molar-refractivity contribution is 5.94. The molecule has 2 aromatic heterocycles. The Bertz CT molecular complexity index is 1180. The number of aryl methyl sites for hydroxylation is 1. The summed E-state index contributed by atoms with van der Waals surface area (Å²) in [6.45, 7) is 1.40. The van der Waals surface area contributed by atoms with E-state index < -0.39 is 6.61 Å². The van der Waals surface area contributed by atoms with Gasteiger partial charge in [0.2, 0.25) is 0 Å². The van der Waals surface area contributed by atoms with Crippen LogP contribution in [0, 0.1) is 6.92 Å². The Morgan fingerprint density at radius 1 is 1.18 bits per heavy atom. The van der Waals surface area contributed by atoms with Gasteiger partial charge >= 0.3 is 6.61 Å². The van der Waals surface area contributed by atoms with E-state index in [2.05, 4.69) is 9.64 Å². The van der Waals surface area contributed by atoms with Crippen molar-refractivity contribution in [2.45, 2.75) is 51.3 Å². The molecule has 0 aliphatic carbocycles. The minimum atomic E-state index is -2.90. The van der Waals surface area contributed by atoms with Gasteiger partial charge in [-0.15, -0.1) is 0 Å². The third-order valence-electron chi connectivity index (χ3n) is 6.58. The zero-order valence-electron chi connectivity index (χ0n) is 19.0. The van der Waals surface area contributed by atoms with Crippen molar-refractivity contribution >= 4 is 17.4 Å². The number of rotatable bonds is 5. The molecular formula is C24H28F2N6O2. The second-order valence-corrected chi connectivity index (χ2v) is 9.03. The first-order chi connectivity index (χ1) is 16.4. The van der Waals surface area contributed by atoms with Crippen LogP contribution in [0.5, 0.6) is 5.75 Å². The summed E-state index contributed by atoms with van der Waals surface area (Å²) in [6.07, 6.45) is 5.62. The van der Waals surface area contributed by atoms with E-state index in [0.717, 1.165) is 61.5 Å². The minimum Gasteiger partial charge on any atom is -0.435 e. The highest BCUT2D eigenvalue weighted by Gasteiger charge is 2.31. The van der Waals surface area contributed by atoms with Crippen LogP contribution in [-0.2, 0) is 0 Å². The first-order valence-electron chi connectivity index (χ1n) is 11.6. The van der Waals surface area contributed by atoms with Crippen LogP contribution in [0.25, 0.3) is 5.65 Å². The molecule has 3 aromatic rings. The first kappa shape index (κ1) is 22.5. The number of halogens is 2. The number of carbonyl (C=O) groups is 1. The number of fused-ring (bicyclic) bond motifs is 1. The maximum Gasteiger partial charge on any atom is 0.387 e. The molecule has 2 atom stereocenters. The molecule has 2 aliphatic heterocycles. The van der Waals surface area contributed by atoms with Gasteiger partial charge in [0, 0.05) is 49.1 Å². The van der Waals surface area contributed by atoms with Gasteiger partial charge in [0.25, 0.3) is 5.91 Å². The number of hydrogen-bond acceptors (Lipinski definition) is 6. The van der Waals surface area contributed by atoms with Crippen LogP contribution in [0.3, 0.4) is 0 Å². The first-order valence-corrected chi connectivity index (χ1v) is 11.6. The van der Waals surface area contributed by atoms with E-state index in [1.54, 1.807) is 4.52 Å². The fourth-order valence-corrected chi connectivity index (χ4v) is 4.91. The number of likely N-dealkylation sites (tertiary alicyclic amines) is 1. The topological polar surface area (TPSA) is 89.0 Å². The Morgan fingerprint density at radius 3 is 2.68 bits per heavy atom. The standard InChI is InChI=1S/C24H28F2N6O2/c1-15-13-32-21(28-22(15)30-11-9-17(27)14-30)12-19(29-32)20-4-2-3-10-31(20)23(33)16-5-7-18(8-6-16)34-24(25)26/h5-8,12-13,17,20,24H,2-4,9-11,14,27H2,1H3/t17-,20-/m0/s1. The number of aromatic nitrogens is 3. The molecule has 0 radical (unpaired) electrons. The van der Waals surface area contributed by atoms with Crippen LogP contribution in [0.15, 0.2) is 36.5 Å². The number of carbonyl (C=O) groups excluding carboxylic acids is 1. The van der Waals surface area contributed by atoms with Crippen LogP contribution in [0.4, 0.5) is 14.6 Å². The number of piperidine rings is 1. The highest BCUT2D eigenvalue weighted by Crippen LogP contribution is 2.33. The Kier molecular flexibility index (Phi) is 6.07. The Labute approximate surface area is 196 Å². The lowest BCUT2D eigenvalue weighted by molar-refractivity contribution is -0.0498. The van der Waals surface area contributed by atoms with Gasteiger partial charge < -0.3 is 20.3 Å². The fraction of sp³-hybridized carbons (Fsp3) is 0.458. The lowest BCUT2D eigenvalue weighted by Crippen LogP contribution is -2.38. The molecule has 2 N–H and O–H groups in total. The van der Waals surface area contributed by atoms with Crippen molar-refractivity contribution in [1.82, 2.24) is 19.5 Å². The SMILES string of the molecule is Cc1cn2nc([C@@H]3CCCCN3C(=O)c3ccc(OC(F)F)cc3)cc2nc1N1CC[C@H](N)C1. The Balaban J connectivity index is 1.41. The van der Waals surface area contributed by atoms with Crippen molar-refractivity contribution in [3.05, 3.63) is 53.3 Å². The molecule has 5 rings (SSSR count). The average molecular weight is 471 g/mol. The van der Waals surface area contributed by atoms with Gasteiger partial charge in [-0.25, -0.2) is 9.50 Å². The molecule has 1 amide bonds. The molecule has 0 saturated carbocycles. The summed E-state index contributed by atoms with van der Waals surface area (Å²) in [5.41, 5.74) is 9.08. The van der Waals surface area contributed by atoms with Gasteiger partial charge in [0.15, 0.2) is 5.65 Å². The van der Waals surface area contributed by atoms with Gasteiger partial charge in [-0.3, -0.25) is 4.79 Å². The van der Waals surface area contributed by atoms with Gasteiger partial charge in [-0.1, -0.05) is 0 Å². The van der Waals surface area contributed by atoms with E-state index in [1.165, 1.54) is 24.3 Å². The molecule has 2 saturated heterocycles. The van der Waals surface area contributed by atoms with E-state index in [9.17, 15) is 13.6 Å². The molecule has 0 spiro atoms. The normalized spacial score (nSPS) is 21.0. The van der Waals surface area contributed by atoms with Crippen molar-refractivity contribution < 1.29 is 18.3 Å². The summed E-state index contributed by atoms with van der Waals surface area (Å²) in [6, 6.07) is 7.76. The van der Waals surface area contributed by atoms with Crippen LogP contribution in [0.2, 0.25) is 0 Å². The summed E-state index contributed by atoms with van der Waals surface area (Å²) >= 11 is 0. The largest absolute Gasteiger partial charge is 0.435 e. The van der Waals surface area contributed by atoms with Crippen LogP contribution in [-0.4, -0.2) is 57.7 Å². The molecule has 0 bridgehead atoms. The molecule has 1 aromatic carbocycles. The smallest absolute Gasteiger partial charge is 0.387 e. The minimum absolute atomic E-state index is 0.0262. The third kappa shape index (κ3) is 4.42. The van der Waals surface area contributed by atoms with Gasteiger partial charge in [0.1, 0.15) is 11.6 Å².